The quantitative estimate of drug-likeness (QED) is 0.144. The zero-order chi connectivity index (χ0) is 39.2. The van der Waals surface area contributed by atoms with Crippen molar-refractivity contribution in [2.24, 2.45) is 25.6 Å². The van der Waals surface area contributed by atoms with Crippen LogP contribution in [0.5, 0.6) is 5.88 Å². The van der Waals surface area contributed by atoms with Gasteiger partial charge >= 0.3 is 5.69 Å². The third kappa shape index (κ3) is 9.88. The van der Waals surface area contributed by atoms with Gasteiger partial charge in [0.15, 0.2) is 0 Å². The van der Waals surface area contributed by atoms with Crippen molar-refractivity contribution < 1.29 is 9.53 Å². The normalized spacial score (nSPS) is 12.5. The van der Waals surface area contributed by atoms with E-state index in [0.717, 1.165) is 77.6 Å². The first-order chi connectivity index (χ1) is 25.5. The summed E-state index contributed by atoms with van der Waals surface area (Å²) in [6.45, 7) is 6.99. The molecule has 12 nitrogen and oxygen atoms in total. The predicted molar refractivity (Wildman–Crippen MR) is 217 cm³/mol. The lowest BCUT2D eigenvalue weighted by molar-refractivity contribution is -0.120. The van der Waals surface area contributed by atoms with Gasteiger partial charge in [0, 0.05) is 56.1 Å². The molecule has 0 radical (unpaired) electrons. The summed E-state index contributed by atoms with van der Waals surface area (Å²) in [7, 11) is 8.19. The molecule has 286 valence electrons. The molecule has 0 saturated heterocycles. The Morgan fingerprint density at radius 3 is 2.34 bits per heavy atom. The number of rotatable bonds is 11. The number of aromatic nitrogens is 3. The molecule has 0 unspecified atom stereocenters. The van der Waals surface area contributed by atoms with Gasteiger partial charge in [-0.15, -0.1) is 0 Å². The molecular weight excluding hydrogens is 692 g/mol. The van der Waals surface area contributed by atoms with Crippen LogP contribution in [0.1, 0.15) is 62.6 Å². The van der Waals surface area contributed by atoms with Crippen molar-refractivity contribution in [2.45, 2.75) is 65.7 Å². The summed E-state index contributed by atoms with van der Waals surface area (Å²) >= 11 is 7.03. The standard InChI is InChI=1S/C30H31ClN6O3.C8H18N2O.C2H6/c1-16-18(9-7-13-22(16)34-27(33)25-24(15-32)36(2)30(39)37(3)29(25)38)20-11-6-12-21(26(20)31)23-14-17-8-5-10-19(17)28(35-23)40-4;1-9-7-5-3-4-6-8(11)10-2;1-2/h6-7,9,11-15,34H,5,8,10,32-33H2,1-4H3;9H,3-7H2,1-2H3,(H,10,11);1-2H3/b24-15+,27-25-;;. The Bertz CT molecular complexity index is 2140. The number of benzene rings is 2. The molecule has 1 aliphatic carbocycles. The fourth-order valence-electron chi connectivity index (χ4n) is 6.26. The van der Waals surface area contributed by atoms with Crippen LogP contribution in [-0.2, 0) is 31.7 Å². The van der Waals surface area contributed by atoms with Crippen LogP contribution in [-0.4, -0.2) is 47.8 Å². The van der Waals surface area contributed by atoms with Gasteiger partial charge in [-0.25, -0.2) is 9.78 Å². The third-order valence-electron chi connectivity index (χ3n) is 9.16. The number of ether oxygens (including phenoxy) is 1. The molecule has 0 fully saturated rings. The molecule has 7 N–H and O–H groups in total. The fourth-order valence-corrected chi connectivity index (χ4v) is 6.58. The minimum atomic E-state index is -0.549. The average molecular weight is 747 g/mol. The number of anilines is 1. The van der Waals surface area contributed by atoms with E-state index >= 15 is 0 Å². The lowest BCUT2D eigenvalue weighted by Gasteiger charge is -2.17. The second-order valence-corrected chi connectivity index (χ2v) is 12.8. The second-order valence-electron chi connectivity index (χ2n) is 12.4. The van der Waals surface area contributed by atoms with Gasteiger partial charge in [-0.1, -0.05) is 62.2 Å². The molecule has 0 bridgehead atoms. The fraction of sp³-hybridized carbons (Fsp3) is 0.400. The summed E-state index contributed by atoms with van der Waals surface area (Å²) in [4.78, 5) is 40.8. The van der Waals surface area contributed by atoms with Crippen molar-refractivity contribution in [2.75, 3.05) is 33.1 Å². The number of hydrogen-bond donors (Lipinski definition) is 5. The van der Waals surface area contributed by atoms with Crippen LogP contribution in [0.2, 0.25) is 5.02 Å². The summed E-state index contributed by atoms with van der Waals surface area (Å²) in [5.41, 5.74) is 18.4. The van der Waals surface area contributed by atoms with E-state index in [1.807, 2.05) is 64.2 Å². The van der Waals surface area contributed by atoms with Crippen LogP contribution >= 0.6 is 11.6 Å². The largest absolute Gasteiger partial charge is 0.481 e. The minimum absolute atomic E-state index is 0.0717. The minimum Gasteiger partial charge on any atom is -0.481 e. The van der Waals surface area contributed by atoms with Crippen LogP contribution in [0.15, 0.2) is 52.1 Å². The maximum Gasteiger partial charge on any atom is 0.330 e. The molecule has 0 spiro atoms. The number of pyridine rings is 1. The van der Waals surface area contributed by atoms with Gasteiger partial charge in [-0.05, 0) is 81.4 Å². The Hall–Kier alpha value is -5.07. The molecule has 4 aromatic rings. The third-order valence-corrected chi connectivity index (χ3v) is 9.57. The molecule has 2 heterocycles. The highest BCUT2D eigenvalue weighted by atomic mass is 35.5. The van der Waals surface area contributed by atoms with Crippen molar-refractivity contribution in [3.63, 3.8) is 0 Å². The first kappa shape index (κ1) is 42.3. The molecular formula is C40H55ClN8O4. The molecule has 0 atom stereocenters. The summed E-state index contributed by atoms with van der Waals surface area (Å²) < 4.78 is 7.87. The van der Waals surface area contributed by atoms with Gasteiger partial charge in [-0.2, -0.15) is 0 Å². The molecule has 13 heteroatoms. The number of unbranched alkanes of at least 4 members (excludes halogenated alkanes) is 2. The number of methoxy groups -OCH3 is 1. The predicted octanol–water partition coefficient (Wildman–Crippen LogP) is 3.64. The summed E-state index contributed by atoms with van der Waals surface area (Å²) in [5, 5.41) is 9.72. The lowest BCUT2D eigenvalue weighted by Crippen LogP contribution is -2.59. The van der Waals surface area contributed by atoms with Crippen molar-refractivity contribution in [3.05, 3.63) is 95.6 Å². The van der Waals surface area contributed by atoms with E-state index in [4.69, 9.17) is 32.8 Å². The Labute approximate surface area is 316 Å². The topological polar surface area (TPSA) is 171 Å². The Morgan fingerprint density at radius 2 is 1.68 bits per heavy atom. The number of carbonyl (C=O) groups excluding carboxylic acids is 1. The van der Waals surface area contributed by atoms with Crippen LogP contribution in [0.25, 0.3) is 34.4 Å². The molecule has 1 aliphatic rings. The molecule has 2 aromatic heterocycles. The van der Waals surface area contributed by atoms with Gasteiger partial charge < -0.3 is 32.2 Å². The summed E-state index contributed by atoms with van der Waals surface area (Å²) in [5.74, 6) is 0.871. The van der Waals surface area contributed by atoms with Gasteiger partial charge in [0.25, 0.3) is 5.56 Å². The summed E-state index contributed by atoms with van der Waals surface area (Å²) in [6.07, 6.45) is 8.20. The molecule has 1 amide bonds. The number of nitrogens with two attached hydrogens (primary N) is 2. The number of amides is 1. The van der Waals surface area contributed by atoms with Gasteiger partial charge in [0.2, 0.25) is 11.8 Å². The zero-order valence-electron chi connectivity index (χ0n) is 32.3. The first-order valence-corrected chi connectivity index (χ1v) is 18.4. The van der Waals surface area contributed by atoms with E-state index in [1.54, 1.807) is 14.2 Å². The monoisotopic (exact) mass is 746 g/mol. The van der Waals surface area contributed by atoms with E-state index in [0.29, 0.717) is 23.0 Å². The van der Waals surface area contributed by atoms with Crippen LogP contribution < -0.4 is 54.0 Å². The van der Waals surface area contributed by atoms with E-state index in [2.05, 4.69) is 22.0 Å². The van der Waals surface area contributed by atoms with E-state index in [9.17, 15) is 14.4 Å². The maximum absolute atomic E-state index is 13.0. The smallest absolute Gasteiger partial charge is 0.330 e. The highest BCUT2D eigenvalue weighted by Gasteiger charge is 2.21. The SMILES string of the molecule is CC.CNCCCCCC(=O)NC.COc1nc(-c2cccc(-c3cccc(N/C(N)=c4\c(=O)n(C)c(=O)n(C)\c4=C\N)c3C)c2Cl)cc2c1CCC2. The number of halogens is 1. The molecule has 2 aromatic carbocycles. The van der Waals surface area contributed by atoms with Gasteiger partial charge in [0.05, 0.1) is 23.2 Å². The number of carbonyl (C=O) groups is 1. The van der Waals surface area contributed by atoms with Gasteiger partial charge in [0.1, 0.15) is 11.0 Å². The number of aryl methyl sites for hydroxylation is 1. The highest BCUT2D eigenvalue weighted by Crippen LogP contribution is 2.40. The van der Waals surface area contributed by atoms with Crippen molar-refractivity contribution >= 4 is 35.2 Å². The Kier molecular flexibility index (Phi) is 16.2. The zero-order valence-corrected chi connectivity index (χ0v) is 33.0. The van der Waals surface area contributed by atoms with E-state index in [-0.39, 0.29) is 22.3 Å². The van der Waals surface area contributed by atoms with Crippen molar-refractivity contribution in [1.82, 2.24) is 24.8 Å². The average Bonchev–Trinajstić information content (AvgIpc) is 3.66. The van der Waals surface area contributed by atoms with Crippen LogP contribution in [0.3, 0.4) is 0 Å². The number of nitrogens with zero attached hydrogens (tertiary/aromatic N) is 3. The first-order valence-electron chi connectivity index (χ1n) is 18.0. The maximum atomic E-state index is 13.0. The highest BCUT2D eigenvalue weighted by molar-refractivity contribution is 6.36. The lowest BCUT2D eigenvalue weighted by atomic mass is 9.96. The Balaban J connectivity index is 0.000000501. The second kappa shape index (κ2) is 20.2. The molecule has 0 aliphatic heterocycles. The molecule has 53 heavy (non-hydrogen) atoms. The van der Waals surface area contributed by atoms with E-state index in [1.165, 1.54) is 36.0 Å². The number of hydrogen-bond acceptors (Lipinski definition) is 9. The van der Waals surface area contributed by atoms with Crippen LogP contribution in [0, 0.1) is 6.92 Å². The summed E-state index contributed by atoms with van der Waals surface area (Å²) in [6, 6.07) is 13.7. The molecule has 5 rings (SSSR count). The Morgan fingerprint density at radius 1 is 1.00 bits per heavy atom. The van der Waals surface area contributed by atoms with Crippen molar-refractivity contribution in [3.8, 4) is 28.3 Å². The van der Waals surface area contributed by atoms with Crippen molar-refractivity contribution in [1.29, 1.82) is 0 Å². The molecule has 0 saturated carbocycles. The number of nitrogens with one attached hydrogen (secondary N) is 3. The van der Waals surface area contributed by atoms with Crippen LogP contribution in [0.4, 0.5) is 5.69 Å². The van der Waals surface area contributed by atoms with E-state index < -0.39 is 11.2 Å². The van der Waals surface area contributed by atoms with Gasteiger partial charge in [-0.3, -0.25) is 18.7 Å². The number of fused-ring (bicyclic) bond motifs is 1.